The van der Waals surface area contributed by atoms with Crippen molar-refractivity contribution in [3.05, 3.63) is 139 Å². The van der Waals surface area contributed by atoms with Crippen molar-refractivity contribution in [3.8, 4) is 0 Å². The van der Waals surface area contributed by atoms with E-state index in [1.807, 2.05) is 122 Å². The van der Waals surface area contributed by atoms with E-state index in [0.717, 1.165) is 57.7 Å². The Balaban J connectivity index is 1.75. The van der Waals surface area contributed by atoms with Gasteiger partial charge >= 0.3 is 5.97 Å². The summed E-state index contributed by atoms with van der Waals surface area (Å²) < 4.78 is 19.7. The van der Waals surface area contributed by atoms with Crippen molar-refractivity contribution < 1.29 is 28.0 Å². The molecule has 10 heteroatoms. The molecule has 1 saturated heterocycles. The zero-order chi connectivity index (χ0) is 42.6. The van der Waals surface area contributed by atoms with Crippen LogP contribution in [0.15, 0.2) is 128 Å². The van der Waals surface area contributed by atoms with E-state index in [9.17, 15) is 4.79 Å². The van der Waals surface area contributed by atoms with Crippen LogP contribution in [-0.4, -0.2) is 63.4 Å². The standard InChI is InChI=1S/C49H64NO6PSi2/c1-9-34-54-49(53)48(57(41-28-19-16-20-29-41,42-30-21-17-22-31-42)43-32-23-18-24-33-43)50-44(46(47(50)52)38(8)56-59(13-5,14-6)15-7)36-45(51)40-27-25-26-39(35-40)37-55-58(10-2,11-3)12-4/h9,16-33,35,38,44,46H,1,10-15,34,36-37H2,2-8H3/t38-,44-,46-/m1/s1. The zero-order valence-corrected chi connectivity index (χ0v) is 39.1. The summed E-state index contributed by atoms with van der Waals surface area (Å²) >= 11 is 0. The average Bonchev–Trinajstić information content (AvgIpc) is 3.29. The summed E-state index contributed by atoms with van der Waals surface area (Å²) in [6, 6.07) is 42.8. The van der Waals surface area contributed by atoms with Crippen LogP contribution in [0.5, 0.6) is 0 Å². The van der Waals surface area contributed by atoms with Crippen molar-refractivity contribution >= 4 is 62.5 Å². The van der Waals surface area contributed by atoms with Gasteiger partial charge in [0.05, 0.1) is 24.7 Å². The summed E-state index contributed by atoms with van der Waals surface area (Å²) in [5.41, 5.74) is 1.76. The van der Waals surface area contributed by atoms with Gasteiger partial charge in [-0.1, -0.05) is 163 Å². The van der Waals surface area contributed by atoms with Crippen molar-refractivity contribution in [3.63, 3.8) is 0 Å². The third-order valence-electron chi connectivity index (χ3n) is 12.8. The Morgan fingerprint density at radius 3 is 1.68 bits per heavy atom. The minimum Gasteiger partial charge on any atom is -0.457 e. The summed E-state index contributed by atoms with van der Waals surface area (Å²) in [6.07, 6.45) is 1.07. The van der Waals surface area contributed by atoms with E-state index in [4.69, 9.17) is 13.6 Å². The molecular formula is C49H64NO6PSi2. The third kappa shape index (κ3) is 9.61. The Kier molecular flexibility index (Phi) is 16.3. The predicted molar refractivity (Wildman–Crippen MR) is 251 cm³/mol. The summed E-state index contributed by atoms with van der Waals surface area (Å²) in [6.45, 7) is 16.2. The smallest absolute Gasteiger partial charge is 0.356 e. The lowest BCUT2D eigenvalue weighted by Crippen LogP contribution is -2.69. The highest BCUT2D eigenvalue weighted by atomic mass is 31.2. The van der Waals surface area contributed by atoms with E-state index in [1.54, 1.807) is 4.90 Å². The van der Waals surface area contributed by atoms with Crippen LogP contribution in [-0.2, 0) is 29.8 Å². The molecule has 1 aliphatic heterocycles. The molecule has 0 unspecified atom stereocenters. The molecule has 0 bridgehead atoms. The Morgan fingerprint density at radius 1 is 0.729 bits per heavy atom. The normalized spacial score (nSPS) is 16.3. The molecule has 4 aromatic rings. The highest BCUT2D eigenvalue weighted by Crippen LogP contribution is 2.50. The summed E-state index contributed by atoms with van der Waals surface area (Å²) in [5.74, 6) is -1.61. The summed E-state index contributed by atoms with van der Waals surface area (Å²) in [4.78, 5) is 46.7. The van der Waals surface area contributed by atoms with E-state index < -0.39 is 47.6 Å². The molecule has 1 aliphatic rings. The second kappa shape index (κ2) is 20.9. The third-order valence-corrected chi connectivity index (χ3v) is 26.4. The van der Waals surface area contributed by atoms with Gasteiger partial charge in [-0.2, -0.15) is 0 Å². The quantitative estimate of drug-likeness (QED) is 0.0196. The first-order valence-corrected chi connectivity index (χ1v) is 28.4. The molecule has 0 saturated carbocycles. The molecule has 0 aliphatic carbocycles. The number of hydrogen-bond donors (Lipinski definition) is 0. The number of β-lactam (4-membered cyclic amide) rings is 1. The lowest BCUT2D eigenvalue weighted by Gasteiger charge is -2.52. The zero-order valence-electron chi connectivity index (χ0n) is 36.2. The van der Waals surface area contributed by atoms with Crippen LogP contribution in [0.4, 0.5) is 0 Å². The molecule has 1 heterocycles. The lowest BCUT2D eigenvalue weighted by atomic mass is 9.79. The van der Waals surface area contributed by atoms with Gasteiger partial charge in [-0.05, 0) is 70.7 Å². The molecule has 59 heavy (non-hydrogen) atoms. The van der Waals surface area contributed by atoms with Crippen molar-refractivity contribution in [1.29, 1.82) is 0 Å². The molecule has 1 fully saturated rings. The molecule has 4 aromatic carbocycles. The number of amides is 1. The number of benzene rings is 4. The van der Waals surface area contributed by atoms with Gasteiger partial charge in [-0.15, -0.1) is 0 Å². The number of likely N-dealkylation sites (tertiary alicyclic amines) is 1. The summed E-state index contributed by atoms with van der Waals surface area (Å²) in [7, 11) is -4.04. The van der Waals surface area contributed by atoms with E-state index in [0.29, 0.717) is 12.2 Å². The molecule has 1 amide bonds. The lowest BCUT2D eigenvalue weighted by molar-refractivity contribution is -0.156. The number of nitrogens with zero attached hydrogens (tertiary/aromatic N) is 1. The SMILES string of the molecule is C=CCOC(=O)C(N1C(=O)[C@H]([C@@H](C)O[Si](CC)(CC)CC)[C@H]1CC(=O)c1cccc(CO[Si](CC)(CC)CC)c1)=P(c1ccccc1)(c1ccccc1)c1ccccc1. The van der Waals surface area contributed by atoms with E-state index in [2.05, 4.69) is 48.1 Å². The van der Waals surface area contributed by atoms with Crippen LogP contribution in [0.2, 0.25) is 36.3 Å². The average molecular weight is 850 g/mol. The monoisotopic (exact) mass is 849 g/mol. The number of esters is 1. The Bertz CT molecular complexity index is 1970. The van der Waals surface area contributed by atoms with Gasteiger partial charge in [-0.25, -0.2) is 4.79 Å². The second-order valence-electron chi connectivity index (χ2n) is 15.6. The van der Waals surface area contributed by atoms with Crippen LogP contribution in [0, 0.1) is 5.92 Å². The fourth-order valence-electron chi connectivity index (χ4n) is 8.83. The van der Waals surface area contributed by atoms with Gasteiger partial charge in [0.2, 0.25) is 5.91 Å². The van der Waals surface area contributed by atoms with Gasteiger partial charge in [0.25, 0.3) is 0 Å². The molecule has 0 aromatic heterocycles. The number of carbonyl (C=O) groups excluding carboxylic acids is 3. The first-order chi connectivity index (χ1) is 28.5. The number of ether oxygens (including phenoxy) is 1. The molecule has 0 N–H and O–H groups in total. The molecule has 3 atom stereocenters. The van der Waals surface area contributed by atoms with Gasteiger partial charge in [-0.3, -0.25) is 9.59 Å². The maximum atomic E-state index is 15.3. The molecule has 314 valence electrons. The van der Waals surface area contributed by atoms with Crippen LogP contribution < -0.4 is 15.9 Å². The molecule has 0 spiro atoms. The van der Waals surface area contributed by atoms with Crippen LogP contribution >= 0.6 is 6.89 Å². The van der Waals surface area contributed by atoms with Crippen molar-refractivity contribution in [2.75, 3.05) is 6.61 Å². The second-order valence-corrected chi connectivity index (χ2v) is 28.4. The fourth-order valence-corrected chi connectivity index (χ4v) is 18.7. The number of rotatable bonds is 22. The molecule has 5 rings (SSSR count). The largest absolute Gasteiger partial charge is 0.457 e. The maximum Gasteiger partial charge on any atom is 0.356 e. The highest BCUT2D eigenvalue weighted by Gasteiger charge is 2.57. The van der Waals surface area contributed by atoms with Gasteiger partial charge in [0.15, 0.2) is 22.4 Å². The van der Waals surface area contributed by atoms with Crippen LogP contribution in [0.3, 0.4) is 0 Å². The molecule has 0 radical (unpaired) electrons. The minimum atomic E-state index is -3.17. The Morgan fingerprint density at radius 2 is 1.22 bits per heavy atom. The number of hydrogen-bond acceptors (Lipinski definition) is 6. The Labute approximate surface area is 355 Å². The number of ketones is 1. The van der Waals surface area contributed by atoms with E-state index >= 15 is 9.59 Å². The number of carbonyl (C=O) groups is 3. The van der Waals surface area contributed by atoms with Crippen LogP contribution in [0.1, 0.15) is 70.8 Å². The Hall–Kier alpha value is -4.12. The van der Waals surface area contributed by atoms with Gasteiger partial charge in [0.1, 0.15) is 12.0 Å². The van der Waals surface area contributed by atoms with E-state index in [1.165, 1.54) is 6.08 Å². The first-order valence-electron chi connectivity index (χ1n) is 21.5. The summed E-state index contributed by atoms with van der Waals surface area (Å²) in [5, 5.41) is 2.67. The van der Waals surface area contributed by atoms with Gasteiger partial charge in [0, 0.05) is 18.9 Å². The maximum absolute atomic E-state index is 15.3. The molecular weight excluding hydrogens is 786 g/mol. The van der Waals surface area contributed by atoms with E-state index in [-0.39, 0.29) is 30.1 Å². The van der Waals surface area contributed by atoms with Crippen molar-refractivity contribution in [2.45, 2.75) is 110 Å². The fraction of sp³-hybridized carbons (Fsp3) is 0.388. The number of Topliss-reactive ketones (excluding diaryl/α,β-unsaturated/α-hetero) is 1. The minimum absolute atomic E-state index is 0.00151. The van der Waals surface area contributed by atoms with Crippen LogP contribution in [0.25, 0.3) is 0 Å². The van der Waals surface area contributed by atoms with Gasteiger partial charge < -0.3 is 18.5 Å². The highest BCUT2D eigenvalue weighted by molar-refractivity contribution is 7.96. The first kappa shape index (κ1) is 46.0. The predicted octanol–water partition coefficient (Wildman–Crippen LogP) is 9.87. The molecule has 7 nitrogen and oxygen atoms in total. The topological polar surface area (TPSA) is 82.1 Å². The van der Waals surface area contributed by atoms with Crippen molar-refractivity contribution in [2.24, 2.45) is 5.92 Å². The van der Waals surface area contributed by atoms with Crippen molar-refractivity contribution in [1.82, 2.24) is 4.90 Å².